The zero-order valence-electron chi connectivity index (χ0n) is 11.2. The minimum atomic E-state index is -0.122. The second-order valence-electron chi connectivity index (χ2n) is 5.41. The number of halogens is 1. The van der Waals surface area contributed by atoms with Gasteiger partial charge in [0, 0.05) is 6.07 Å². The molecule has 3 heteroatoms. The van der Waals surface area contributed by atoms with E-state index in [0.717, 1.165) is 31.5 Å². The second-order valence-corrected chi connectivity index (χ2v) is 5.41. The molecule has 1 aliphatic rings. The summed E-state index contributed by atoms with van der Waals surface area (Å²) in [5.74, 6) is 1.32. The van der Waals surface area contributed by atoms with Gasteiger partial charge in [0.1, 0.15) is 11.6 Å². The summed E-state index contributed by atoms with van der Waals surface area (Å²) in [7, 11) is 0. The average molecular weight is 251 g/mol. The molecular weight excluding hydrogens is 229 g/mol. The molecule has 0 spiro atoms. The molecule has 0 aliphatic carbocycles. The first-order chi connectivity index (χ1) is 8.66. The smallest absolute Gasteiger partial charge is 0.130 e. The number of piperidine rings is 1. The molecule has 1 saturated heterocycles. The van der Waals surface area contributed by atoms with Gasteiger partial charge in [-0.15, -0.1) is 0 Å². The Kier molecular flexibility index (Phi) is 4.59. The van der Waals surface area contributed by atoms with Crippen LogP contribution in [0.3, 0.4) is 0 Å². The summed E-state index contributed by atoms with van der Waals surface area (Å²) in [5.41, 5.74) is 0.841. The molecule has 100 valence electrons. The maximum atomic E-state index is 14.1. The first kappa shape index (κ1) is 13.3. The van der Waals surface area contributed by atoms with Gasteiger partial charge in [-0.1, -0.05) is 19.9 Å². The van der Waals surface area contributed by atoms with E-state index >= 15 is 0 Å². The summed E-state index contributed by atoms with van der Waals surface area (Å²) in [6.07, 6.45) is 2.03. The SMILES string of the molecule is CC(C)COc1ccc(C2CCNCC2)c(F)c1. The van der Waals surface area contributed by atoms with Crippen LogP contribution >= 0.6 is 0 Å². The molecule has 1 aromatic rings. The van der Waals surface area contributed by atoms with Gasteiger partial charge in [0.15, 0.2) is 0 Å². The number of nitrogens with one attached hydrogen (secondary N) is 1. The Balaban J connectivity index is 2.04. The van der Waals surface area contributed by atoms with Crippen molar-refractivity contribution in [1.29, 1.82) is 0 Å². The van der Waals surface area contributed by atoms with Crippen molar-refractivity contribution in [3.8, 4) is 5.75 Å². The number of benzene rings is 1. The molecule has 0 radical (unpaired) electrons. The Hall–Kier alpha value is -1.09. The number of rotatable bonds is 4. The van der Waals surface area contributed by atoms with Gasteiger partial charge in [-0.3, -0.25) is 0 Å². The highest BCUT2D eigenvalue weighted by Gasteiger charge is 2.18. The van der Waals surface area contributed by atoms with E-state index in [4.69, 9.17) is 4.74 Å². The van der Waals surface area contributed by atoms with Gasteiger partial charge in [0.05, 0.1) is 6.61 Å². The van der Waals surface area contributed by atoms with Crippen LogP contribution in [-0.4, -0.2) is 19.7 Å². The predicted octanol–water partition coefficient (Wildman–Crippen LogP) is 3.33. The summed E-state index contributed by atoms with van der Waals surface area (Å²) in [4.78, 5) is 0. The number of hydrogen-bond acceptors (Lipinski definition) is 2. The lowest BCUT2D eigenvalue weighted by Gasteiger charge is -2.23. The minimum Gasteiger partial charge on any atom is -0.493 e. The van der Waals surface area contributed by atoms with Crippen molar-refractivity contribution in [3.63, 3.8) is 0 Å². The van der Waals surface area contributed by atoms with E-state index in [1.807, 2.05) is 12.1 Å². The van der Waals surface area contributed by atoms with Gasteiger partial charge in [-0.25, -0.2) is 4.39 Å². The van der Waals surface area contributed by atoms with Crippen LogP contribution in [0.1, 0.15) is 38.2 Å². The van der Waals surface area contributed by atoms with Crippen LogP contribution in [0.2, 0.25) is 0 Å². The molecular formula is C15H22FNO. The van der Waals surface area contributed by atoms with Crippen molar-refractivity contribution in [2.45, 2.75) is 32.6 Å². The molecule has 0 aromatic heterocycles. The lowest BCUT2D eigenvalue weighted by Crippen LogP contribution is -2.27. The third kappa shape index (κ3) is 3.45. The fourth-order valence-electron chi connectivity index (χ4n) is 2.32. The van der Waals surface area contributed by atoms with Crippen molar-refractivity contribution in [2.75, 3.05) is 19.7 Å². The minimum absolute atomic E-state index is 0.122. The Morgan fingerprint density at radius 1 is 1.33 bits per heavy atom. The molecule has 1 fully saturated rings. The standard InChI is InChI=1S/C15H22FNO/c1-11(2)10-18-13-3-4-14(15(16)9-13)12-5-7-17-8-6-12/h3-4,9,11-12,17H,5-8,10H2,1-2H3. The Morgan fingerprint density at radius 3 is 2.67 bits per heavy atom. The van der Waals surface area contributed by atoms with Crippen LogP contribution in [0.25, 0.3) is 0 Å². The van der Waals surface area contributed by atoms with Crippen molar-refractivity contribution in [1.82, 2.24) is 5.32 Å². The van der Waals surface area contributed by atoms with E-state index in [2.05, 4.69) is 19.2 Å². The molecule has 2 rings (SSSR count). The van der Waals surface area contributed by atoms with Gasteiger partial charge in [-0.2, -0.15) is 0 Å². The van der Waals surface area contributed by atoms with Crippen molar-refractivity contribution in [2.24, 2.45) is 5.92 Å². The summed E-state index contributed by atoms with van der Waals surface area (Å²) in [6.45, 7) is 6.76. The molecule has 18 heavy (non-hydrogen) atoms. The summed E-state index contributed by atoms with van der Waals surface area (Å²) >= 11 is 0. The second kappa shape index (κ2) is 6.19. The molecule has 0 saturated carbocycles. The van der Waals surface area contributed by atoms with E-state index in [1.54, 1.807) is 0 Å². The lowest BCUT2D eigenvalue weighted by molar-refractivity contribution is 0.269. The highest BCUT2D eigenvalue weighted by Crippen LogP contribution is 2.29. The van der Waals surface area contributed by atoms with Crippen LogP contribution in [0.15, 0.2) is 18.2 Å². The molecule has 1 aromatic carbocycles. The van der Waals surface area contributed by atoms with Crippen molar-refractivity contribution >= 4 is 0 Å². The molecule has 1 heterocycles. The highest BCUT2D eigenvalue weighted by molar-refractivity contribution is 5.31. The predicted molar refractivity (Wildman–Crippen MR) is 71.6 cm³/mol. The van der Waals surface area contributed by atoms with E-state index in [0.29, 0.717) is 24.2 Å². The largest absolute Gasteiger partial charge is 0.493 e. The first-order valence-electron chi connectivity index (χ1n) is 6.80. The van der Waals surface area contributed by atoms with Crippen molar-refractivity contribution < 1.29 is 9.13 Å². The summed E-state index contributed by atoms with van der Waals surface area (Å²) in [6, 6.07) is 5.31. The van der Waals surface area contributed by atoms with E-state index in [9.17, 15) is 4.39 Å². The third-order valence-electron chi connectivity index (χ3n) is 3.33. The molecule has 1 N–H and O–H groups in total. The Labute approximate surface area is 109 Å². The van der Waals surface area contributed by atoms with Crippen LogP contribution < -0.4 is 10.1 Å². The van der Waals surface area contributed by atoms with E-state index < -0.39 is 0 Å². The highest BCUT2D eigenvalue weighted by atomic mass is 19.1. The topological polar surface area (TPSA) is 21.3 Å². The van der Waals surface area contributed by atoms with Gasteiger partial charge >= 0.3 is 0 Å². The normalized spacial score (nSPS) is 17.1. The van der Waals surface area contributed by atoms with Gasteiger partial charge in [0.2, 0.25) is 0 Å². The van der Waals surface area contributed by atoms with Crippen LogP contribution in [0.5, 0.6) is 5.75 Å². The Bertz CT molecular complexity index is 386. The fourth-order valence-corrected chi connectivity index (χ4v) is 2.32. The summed E-state index contributed by atoms with van der Waals surface area (Å²) < 4.78 is 19.6. The van der Waals surface area contributed by atoms with E-state index in [1.165, 1.54) is 6.07 Å². The average Bonchev–Trinajstić information content (AvgIpc) is 2.37. The van der Waals surface area contributed by atoms with Crippen LogP contribution in [0.4, 0.5) is 4.39 Å². The fraction of sp³-hybridized carbons (Fsp3) is 0.600. The van der Waals surface area contributed by atoms with Crippen molar-refractivity contribution in [3.05, 3.63) is 29.6 Å². The number of hydrogen-bond donors (Lipinski definition) is 1. The molecule has 0 amide bonds. The van der Waals surface area contributed by atoms with E-state index in [-0.39, 0.29) is 5.82 Å². The van der Waals surface area contributed by atoms with Crippen LogP contribution in [0, 0.1) is 11.7 Å². The monoisotopic (exact) mass is 251 g/mol. The first-order valence-corrected chi connectivity index (χ1v) is 6.80. The molecule has 2 nitrogen and oxygen atoms in total. The van der Waals surface area contributed by atoms with Crippen LogP contribution in [-0.2, 0) is 0 Å². The zero-order chi connectivity index (χ0) is 13.0. The van der Waals surface area contributed by atoms with Gasteiger partial charge in [-0.05, 0) is 49.4 Å². The van der Waals surface area contributed by atoms with Gasteiger partial charge in [0.25, 0.3) is 0 Å². The maximum Gasteiger partial charge on any atom is 0.130 e. The maximum absolute atomic E-state index is 14.1. The Morgan fingerprint density at radius 2 is 2.06 bits per heavy atom. The molecule has 0 atom stereocenters. The van der Waals surface area contributed by atoms with Gasteiger partial charge < -0.3 is 10.1 Å². The zero-order valence-corrected chi connectivity index (χ0v) is 11.2. The quantitative estimate of drug-likeness (QED) is 0.886. The third-order valence-corrected chi connectivity index (χ3v) is 3.33. The summed E-state index contributed by atoms with van der Waals surface area (Å²) in [5, 5.41) is 3.30. The molecule has 0 unspecified atom stereocenters. The lowest BCUT2D eigenvalue weighted by atomic mass is 9.90. The number of ether oxygens (including phenoxy) is 1. The molecule has 0 bridgehead atoms. The molecule has 1 aliphatic heterocycles.